The van der Waals surface area contributed by atoms with Crippen molar-refractivity contribution in [3.63, 3.8) is 0 Å². The van der Waals surface area contributed by atoms with E-state index in [2.05, 4.69) is 66.8 Å². The van der Waals surface area contributed by atoms with E-state index in [1.54, 1.807) is 11.8 Å². The lowest BCUT2D eigenvalue weighted by molar-refractivity contribution is -0.154. The van der Waals surface area contributed by atoms with Crippen LogP contribution in [0.1, 0.15) is 139 Å². The summed E-state index contributed by atoms with van der Waals surface area (Å²) in [5.41, 5.74) is 2.05. The van der Waals surface area contributed by atoms with E-state index in [-0.39, 0.29) is 23.4 Å². The van der Waals surface area contributed by atoms with Gasteiger partial charge in [0.25, 0.3) is 0 Å². The molecule has 0 aromatic carbocycles. The molecule has 2 aliphatic carbocycles. The van der Waals surface area contributed by atoms with Crippen LogP contribution in [0.3, 0.4) is 0 Å². The predicted molar refractivity (Wildman–Crippen MR) is 177 cm³/mol. The number of amides is 1. The van der Waals surface area contributed by atoms with Crippen LogP contribution in [0.15, 0.2) is 11.6 Å². The largest absolute Gasteiger partial charge is 0.461 e. The Labute approximate surface area is 258 Å². The Morgan fingerprint density at radius 2 is 1.78 bits per heavy atom. The predicted octanol–water partition coefficient (Wildman–Crippen LogP) is 9.61. The highest BCUT2D eigenvalue weighted by Gasteiger charge is 2.47. The van der Waals surface area contributed by atoms with Crippen molar-refractivity contribution in [2.75, 3.05) is 12.0 Å². The summed E-state index contributed by atoms with van der Waals surface area (Å²) in [6.45, 7) is 21.0. The molecular weight excluding hydrogens is 526 g/mol. The molecule has 5 heteroatoms. The van der Waals surface area contributed by atoms with E-state index in [0.29, 0.717) is 17.8 Å². The molecular formula is C36H65NO3S. The van der Waals surface area contributed by atoms with Crippen LogP contribution >= 0.6 is 11.8 Å². The normalized spacial score (nSPS) is 31.7. The summed E-state index contributed by atoms with van der Waals surface area (Å²) >= 11 is 1.68. The van der Waals surface area contributed by atoms with Crippen molar-refractivity contribution in [2.45, 2.75) is 152 Å². The first-order valence-corrected chi connectivity index (χ1v) is 18.3. The summed E-state index contributed by atoms with van der Waals surface area (Å²) in [6.07, 6.45) is 18.2. The lowest BCUT2D eigenvalue weighted by Gasteiger charge is -2.46. The minimum Gasteiger partial charge on any atom is -0.461 e. The molecule has 2 saturated carbocycles. The zero-order chi connectivity index (χ0) is 30.8. The molecule has 0 aliphatic heterocycles. The van der Waals surface area contributed by atoms with Gasteiger partial charge >= 0.3 is 5.97 Å². The Morgan fingerprint density at radius 3 is 2.39 bits per heavy atom. The fourth-order valence-electron chi connectivity index (χ4n) is 8.12. The third-order valence-corrected chi connectivity index (χ3v) is 12.0. The van der Waals surface area contributed by atoms with Gasteiger partial charge in [-0.1, -0.05) is 86.3 Å². The van der Waals surface area contributed by atoms with Gasteiger partial charge in [-0.05, 0) is 104 Å². The molecule has 4 unspecified atom stereocenters. The van der Waals surface area contributed by atoms with Gasteiger partial charge in [0.1, 0.15) is 12.1 Å². The molecule has 0 aromatic rings. The second kappa shape index (κ2) is 16.8. The van der Waals surface area contributed by atoms with Crippen molar-refractivity contribution >= 4 is 23.6 Å². The van der Waals surface area contributed by atoms with Gasteiger partial charge in [0, 0.05) is 13.3 Å². The van der Waals surface area contributed by atoms with E-state index >= 15 is 0 Å². The van der Waals surface area contributed by atoms with Crippen LogP contribution in [-0.4, -0.2) is 36.0 Å². The smallest absolute Gasteiger partial charge is 0.328 e. The molecule has 2 fully saturated rings. The fraction of sp³-hybridized carbons (Fsp3) is 0.889. The van der Waals surface area contributed by atoms with Crippen LogP contribution in [0, 0.1) is 40.4 Å². The zero-order valence-corrected chi connectivity index (χ0v) is 29.3. The number of carbonyl (C=O) groups is 2. The third-order valence-electron chi connectivity index (χ3n) is 11.4. The SMILES string of the molecule is CC/C=C1/C[C@@H](OC(=O)C(CCSC)NC(C)=O)CC[C@]1(C)C(C)CC[C@@]1(C)C(C)CC[C@@H]1C(C)CCCC(C)C. The summed E-state index contributed by atoms with van der Waals surface area (Å²) in [7, 11) is 0. The summed E-state index contributed by atoms with van der Waals surface area (Å²) < 4.78 is 6.06. The Bertz CT molecular complexity index is 856. The van der Waals surface area contributed by atoms with E-state index in [1.165, 1.54) is 57.4 Å². The van der Waals surface area contributed by atoms with Gasteiger partial charge in [-0.2, -0.15) is 11.8 Å². The summed E-state index contributed by atoms with van der Waals surface area (Å²) in [5.74, 6) is 4.21. The average Bonchev–Trinajstić information content (AvgIpc) is 3.20. The number of thioether (sulfide) groups is 1. The maximum absolute atomic E-state index is 13.0. The molecule has 0 saturated heterocycles. The Balaban J connectivity index is 2.06. The number of carbonyl (C=O) groups excluding carboxylic acids is 2. The van der Waals surface area contributed by atoms with E-state index in [0.717, 1.165) is 55.1 Å². The standard InChI is InChI=1S/C36H65NO3S/c1-11-13-30-24-31(40-34(39)33(20-23-41-10)37-29(7)38)19-22-35(30,8)28(6)18-21-36(9)27(5)16-17-32(36)26(4)15-12-14-25(2)3/h13,25-28,31-33H,11-12,14-24H2,1-10H3,(H,37,38)/b30-13-/t26?,27?,28?,31-,32+,33?,35+,36-/m0/s1. The maximum atomic E-state index is 13.0. The molecule has 2 aliphatic rings. The minimum atomic E-state index is -0.555. The van der Waals surface area contributed by atoms with Crippen molar-refractivity contribution in [2.24, 2.45) is 40.4 Å². The van der Waals surface area contributed by atoms with Crippen molar-refractivity contribution in [3.8, 4) is 0 Å². The number of rotatable bonds is 16. The summed E-state index contributed by atoms with van der Waals surface area (Å²) in [4.78, 5) is 24.8. The van der Waals surface area contributed by atoms with Crippen LogP contribution in [0.2, 0.25) is 0 Å². The quantitative estimate of drug-likeness (QED) is 0.143. The number of hydrogen-bond acceptors (Lipinski definition) is 4. The topological polar surface area (TPSA) is 55.4 Å². The van der Waals surface area contributed by atoms with Gasteiger partial charge in [0.15, 0.2) is 0 Å². The van der Waals surface area contributed by atoms with E-state index < -0.39 is 6.04 Å². The first kappa shape index (κ1) is 36.2. The second-order valence-electron chi connectivity index (χ2n) is 14.7. The van der Waals surface area contributed by atoms with Gasteiger partial charge in [0.2, 0.25) is 5.91 Å². The number of nitrogens with one attached hydrogen (secondary N) is 1. The number of hydrogen-bond donors (Lipinski definition) is 1. The van der Waals surface area contributed by atoms with Gasteiger partial charge in [-0.25, -0.2) is 4.79 Å². The lowest BCUT2D eigenvalue weighted by atomic mass is 9.60. The molecule has 238 valence electrons. The molecule has 0 spiro atoms. The maximum Gasteiger partial charge on any atom is 0.328 e. The van der Waals surface area contributed by atoms with E-state index in [9.17, 15) is 9.59 Å². The summed E-state index contributed by atoms with van der Waals surface area (Å²) in [5, 5.41) is 2.81. The molecule has 1 amide bonds. The van der Waals surface area contributed by atoms with Crippen molar-refractivity contribution < 1.29 is 14.3 Å². The highest BCUT2D eigenvalue weighted by molar-refractivity contribution is 7.98. The van der Waals surface area contributed by atoms with E-state index in [4.69, 9.17) is 4.74 Å². The average molecular weight is 592 g/mol. The zero-order valence-electron chi connectivity index (χ0n) is 28.4. The third kappa shape index (κ3) is 10.0. The van der Waals surface area contributed by atoms with Crippen LogP contribution in [-0.2, 0) is 14.3 Å². The monoisotopic (exact) mass is 591 g/mol. The molecule has 0 bridgehead atoms. The first-order chi connectivity index (χ1) is 19.3. The van der Waals surface area contributed by atoms with Gasteiger partial charge in [-0.3, -0.25) is 4.79 Å². The molecule has 1 N–H and O–H groups in total. The summed E-state index contributed by atoms with van der Waals surface area (Å²) in [6, 6.07) is -0.555. The number of esters is 1. The molecule has 41 heavy (non-hydrogen) atoms. The van der Waals surface area contributed by atoms with Crippen molar-refractivity contribution in [3.05, 3.63) is 11.6 Å². The van der Waals surface area contributed by atoms with Gasteiger partial charge in [-0.15, -0.1) is 0 Å². The van der Waals surface area contributed by atoms with Crippen molar-refractivity contribution in [1.82, 2.24) is 5.32 Å². The van der Waals surface area contributed by atoms with Crippen LogP contribution < -0.4 is 5.32 Å². The molecule has 0 aromatic heterocycles. The highest BCUT2D eigenvalue weighted by atomic mass is 32.2. The Morgan fingerprint density at radius 1 is 1.07 bits per heavy atom. The van der Waals surface area contributed by atoms with Gasteiger partial charge < -0.3 is 10.1 Å². The Kier molecular flexibility index (Phi) is 14.8. The number of ether oxygens (including phenoxy) is 1. The fourth-order valence-corrected chi connectivity index (χ4v) is 8.59. The van der Waals surface area contributed by atoms with Crippen LogP contribution in [0.4, 0.5) is 0 Å². The Hall–Kier alpha value is -0.970. The number of allylic oxidation sites excluding steroid dienone is 1. The molecule has 0 radical (unpaired) electrons. The molecule has 0 heterocycles. The van der Waals surface area contributed by atoms with Crippen LogP contribution in [0.5, 0.6) is 0 Å². The van der Waals surface area contributed by atoms with Gasteiger partial charge in [0.05, 0.1) is 0 Å². The first-order valence-electron chi connectivity index (χ1n) is 16.9. The van der Waals surface area contributed by atoms with Crippen molar-refractivity contribution in [1.29, 1.82) is 0 Å². The highest BCUT2D eigenvalue weighted by Crippen LogP contribution is 2.56. The second-order valence-corrected chi connectivity index (χ2v) is 15.7. The molecule has 4 nitrogen and oxygen atoms in total. The minimum absolute atomic E-state index is 0.102. The van der Waals surface area contributed by atoms with Crippen LogP contribution in [0.25, 0.3) is 0 Å². The lowest BCUT2D eigenvalue weighted by Crippen LogP contribution is -2.44. The molecule has 8 atom stereocenters. The molecule has 2 rings (SSSR count). The van der Waals surface area contributed by atoms with E-state index in [1.807, 2.05) is 6.26 Å².